The summed E-state index contributed by atoms with van der Waals surface area (Å²) in [5, 5.41) is 0.544. The SMILES string of the molecule is CC1=CC(C)=C(C)C1[SiH2]C1(CC2CCCCC2)C=CC=CC1. The number of allylic oxidation sites excluding steroid dienone is 8. The van der Waals surface area contributed by atoms with Gasteiger partial charge in [0.15, 0.2) is 0 Å². The molecule has 1 fully saturated rings. The highest BCUT2D eigenvalue weighted by molar-refractivity contribution is 6.45. The van der Waals surface area contributed by atoms with Crippen molar-refractivity contribution in [3.63, 3.8) is 0 Å². The highest BCUT2D eigenvalue weighted by Crippen LogP contribution is 2.50. The second kappa shape index (κ2) is 6.74. The minimum Gasteiger partial charge on any atom is -0.0840 e. The van der Waals surface area contributed by atoms with Gasteiger partial charge in [-0.1, -0.05) is 79.2 Å². The van der Waals surface area contributed by atoms with E-state index in [-0.39, 0.29) is 9.52 Å². The molecule has 0 N–H and O–H groups in total. The largest absolute Gasteiger partial charge is 0.0840 e. The van der Waals surface area contributed by atoms with Crippen molar-refractivity contribution in [3.8, 4) is 0 Å². The highest BCUT2D eigenvalue weighted by Gasteiger charge is 2.36. The van der Waals surface area contributed by atoms with Crippen LogP contribution in [0, 0.1) is 5.92 Å². The van der Waals surface area contributed by atoms with Crippen molar-refractivity contribution in [2.24, 2.45) is 5.92 Å². The van der Waals surface area contributed by atoms with Gasteiger partial charge in [0, 0.05) is 9.52 Å². The van der Waals surface area contributed by atoms with E-state index in [1.54, 1.807) is 11.1 Å². The third-order valence-electron chi connectivity index (χ3n) is 6.39. The summed E-state index contributed by atoms with van der Waals surface area (Å²) in [5.41, 5.74) is 5.68. The van der Waals surface area contributed by atoms with Gasteiger partial charge in [-0.15, -0.1) is 0 Å². The molecule has 0 aromatic carbocycles. The van der Waals surface area contributed by atoms with Crippen LogP contribution in [0.3, 0.4) is 0 Å². The molecule has 0 saturated heterocycles. The molecule has 120 valence electrons. The van der Waals surface area contributed by atoms with Crippen LogP contribution in [0.5, 0.6) is 0 Å². The number of rotatable bonds is 4. The zero-order chi connectivity index (χ0) is 15.6. The fourth-order valence-electron chi connectivity index (χ4n) is 4.95. The highest BCUT2D eigenvalue weighted by atomic mass is 28.2. The molecular weight excluding hydrogens is 280 g/mol. The lowest BCUT2D eigenvalue weighted by Crippen LogP contribution is -2.27. The summed E-state index contributed by atoms with van der Waals surface area (Å²) in [7, 11) is -0.201. The fourth-order valence-corrected chi connectivity index (χ4v) is 8.02. The van der Waals surface area contributed by atoms with Gasteiger partial charge >= 0.3 is 0 Å². The molecule has 0 radical (unpaired) electrons. The quantitative estimate of drug-likeness (QED) is 0.568. The summed E-state index contributed by atoms with van der Waals surface area (Å²) in [6, 6.07) is 0. The van der Waals surface area contributed by atoms with Crippen LogP contribution in [0.1, 0.15) is 65.7 Å². The van der Waals surface area contributed by atoms with E-state index in [9.17, 15) is 0 Å². The minimum atomic E-state index is -0.201. The molecule has 0 bridgehead atoms. The standard InChI is InChI=1S/C21H32Si/c1-16-14-17(2)20(18(16)3)22-21(12-8-5-9-13-21)15-19-10-6-4-7-11-19/h5,8-9,12,14,19-20H,4,6-7,10-11,13,15,22H2,1-3H3. The van der Waals surface area contributed by atoms with Gasteiger partial charge in [0.25, 0.3) is 0 Å². The van der Waals surface area contributed by atoms with Gasteiger partial charge in [-0.3, -0.25) is 0 Å². The maximum absolute atomic E-state index is 2.61. The second-order valence-corrected chi connectivity index (χ2v) is 10.7. The van der Waals surface area contributed by atoms with Gasteiger partial charge in [-0.25, -0.2) is 0 Å². The van der Waals surface area contributed by atoms with E-state index in [2.05, 4.69) is 51.2 Å². The zero-order valence-electron chi connectivity index (χ0n) is 14.7. The van der Waals surface area contributed by atoms with E-state index < -0.39 is 0 Å². The van der Waals surface area contributed by atoms with Crippen molar-refractivity contribution in [2.45, 2.75) is 76.3 Å². The first kappa shape index (κ1) is 16.0. The Kier molecular flexibility index (Phi) is 4.92. The summed E-state index contributed by atoms with van der Waals surface area (Å²) in [5.74, 6) is 0.994. The van der Waals surface area contributed by atoms with Crippen LogP contribution in [0.2, 0.25) is 10.6 Å². The third kappa shape index (κ3) is 3.40. The van der Waals surface area contributed by atoms with Gasteiger partial charge in [-0.2, -0.15) is 0 Å². The summed E-state index contributed by atoms with van der Waals surface area (Å²) in [6.07, 6.45) is 22.3. The fraction of sp³-hybridized carbons (Fsp3) is 0.619. The van der Waals surface area contributed by atoms with E-state index in [1.807, 2.05) is 0 Å². The second-order valence-electron chi connectivity index (χ2n) is 8.07. The van der Waals surface area contributed by atoms with Crippen LogP contribution in [0.15, 0.2) is 47.1 Å². The van der Waals surface area contributed by atoms with Crippen LogP contribution < -0.4 is 0 Å². The maximum Gasteiger partial charge on any atom is 0.0454 e. The number of hydrogen-bond acceptors (Lipinski definition) is 0. The van der Waals surface area contributed by atoms with Crippen LogP contribution >= 0.6 is 0 Å². The molecule has 22 heavy (non-hydrogen) atoms. The Morgan fingerprint density at radius 3 is 2.45 bits per heavy atom. The molecule has 0 aliphatic heterocycles. The molecule has 0 nitrogen and oxygen atoms in total. The van der Waals surface area contributed by atoms with Gasteiger partial charge in [0.1, 0.15) is 0 Å². The first-order valence-corrected chi connectivity index (χ1v) is 10.8. The molecule has 3 rings (SSSR count). The van der Waals surface area contributed by atoms with E-state index in [0.29, 0.717) is 5.04 Å². The Hall–Kier alpha value is -0.823. The first-order chi connectivity index (χ1) is 10.6. The van der Waals surface area contributed by atoms with Crippen molar-refractivity contribution in [1.29, 1.82) is 0 Å². The molecule has 0 aromatic heterocycles. The molecule has 0 aromatic rings. The molecular formula is C21H32Si. The minimum absolute atomic E-state index is 0.201. The lowest BCUT2D eigenvalue weighted by atomic mass is 9.80. The van der Waals surface area contributed by atoms with Crippen LogP contribution in [0.4, 0.5) is 0 Å². The van der Waals surface area contributed by atoms with Crippen molar-refractivity contribution >= 4 is 9.52 Å². The Morgan fingerprint density at radius 2 is 1.86 bits per heavy atom. The maximum atomic E-state index is 2.61. The third-order valence-corrected chi connectivity index (χ3v) is 9.68. The van der Waals surface area contributed by atoms with E-state index in [4.69, 9.17) is 0 Å². The van der Waals surface area contributed by atoms with Gasteiger partial charge in [-0.05, 0) is 50.1 Å². The van der Waals surface area contributed by atoms with Crippen molar-refractivity contribution in [3.05, 3.63) is 47.1 Å². The van der Waals surface area contributed by atoms with E-state index in [1.165, 1.54) is 50.5 Å². The van der Waals surface area contributed by atoms with Gasteiger partial charge in [0.05, 0.1) is 0 Å². The topological polar surface area (TPSA) is 0 Å². The molecule has 0 heterocycles. The van der Waals surface area contributed by atoms with Crippen LogP contribution in [-0.4, -0.2) is 9.52 Å². The molecule has 2 unspecified atom stereocenters. The Bertz CT molecular complexity index is 528. The van der Waals surface area contributed by atoms with Crippen molar-refractivity contribution in [1.82, 2.24) is 0 Å². The van der Waals surface area contributed by atoms with E-state index >= 15 is 0 Å². The Morgan fingerprint density at radius 1 is 1.09 bits per heavy atom. The Labute approximate surface area is 139 Å². The molecule has 0 amide bonds. The number of hydrogen-bond donors (Lipinski definition) is 0. The molecule has 3 aliphatic rings. The normalized spacial score (nSPS) is 33.2. The average molecular weight is 313 g/mol. The van der Waals surface area contributed by atoms with Gasteiger partial charge in [0.2, 0.25) is 0 Å². The summed E-state index contributed by atoms with van der Waals surface area (Å²) in [4.78, 5) is 0. The van der Waals surface area contributed by atoms with Crippen LogP contribution in [0.25, 0.3) is 0 Å². The average Bonchev–Trinajstić information content (AvgIpc) is 2.75. The summed E-state index contributed by atoms with van der Waals surface area (Å²) < 4.78 is 0. The van der Waals surface area contributed by atoms with Crippen molar-refractivity contribution < 1.29 is 0 Å². The predicted octanol–water partition coefficient (Wildman–Crippen LogP) is 5.89. The lowest BCUT2D eigenvalue weighted by molar-refractivity contribution is 0.313. The van der Waals surface area contributed by atoms with Crippen molar-refractivity contribution in [2.75, 3.05) is 0 Å². The zero-order valence-corrected chi connectivity index (χ0v) is 16.1. The predicted molar refractivity (Wildman–Crippen MR) is 101 cm³/mol. The molecule has 2 atom stereocenters. The smallest absolute Gasteiger partial charge is 0.0454 e. The molecule has 3 aliphatic carbocycles. The molecule has 1 saturated carbocycles. The Balaban J connectivity index is 1.76. The summed E-state index contributed by atoms with van der Waals surface area (Å²) in [6.45, 7) is 7.06. The summed E-state index contributed by atoms with van der Waals surface area (Å²) >= 11 is 0. The monoisotopic (exact) mass is 312 g/mol. The van der Waals surface area contributed by atoms with Gasteiger partial charge < -0.3 is 0 Å². The molecule has 0 spiro atoms. The molecule has 1 heteroatoms. The first-order valence-electron chi connectivity index (χ1n) is 9.30. The lowest BCUT2D eigenvalue weighted by Gasteiger charge is -2.38. The van der Waals surface area contributed by atoms with E-state index in [0.717, 1.165) is 11.5 Å². The van der Waals surface area contributed by atoms with Crippen LogP contribution in [-0.2, 0) is 0 Å².